The molecule has 0 aromatic heterocycles. The van der Waals surface area contributed by atoms with Crippen molar-refractivity contribution in [2.24, 2.45) is 0 Å². The third-order valence-electron chi connectivity index (χ3n) is 3.83. The van der Waals surface area contributed by atoms with E-state index < -0.39 is 25.5 Å². The molecule has 29 heavy (non-hydrogen) atoms. The van der Waals surface area contributed by atoms with Crippen LogP contribution in [0.5, 0.6) is 17.2 Å². The molecule has 0 amide bonds. The molecule has 0 aliphatic heterocycles. The van der Waals surface area contributed by atoms with Crippen LogP contribution in [0.15, 0.2) is 71.6 Å². The molecule has 0 heterocycles. The fraction of sp³-hybridized carbons (Fsp3) is 0.0526. The van der Waals surface area contributed by atoms with E-state index in [1.165, 1.54) is 37.4 Å². The van der Waals surface area contributed by atoms with Crippen molar-refractivity contribution in [2.75, 3.05) is 11.8 Å². The van der Waals surface area contributed by atoms with Gasteiger partial charge in [0.25, 0.3) is 15.7 Å². The van der Waals surface area contributed by atoms with Crippen LogP contribution in [0.3, 0.4) is 0 Å². The van der Waals surface area contributed by atoms with Gasteiger partial charge in [0.05, 0.1) is 17.7 Å². The second kappa shape index (κ2) is 8.38. The van der Waals surface area contributed by atoms with Crippen molar-refractivity contribution in [1.82, 2.24) is 0 Å². The summed E-state index contributed by atoms with van der Waals surface area (Å²) < 4.78 is 39.0. The Labute approximate surface area is 171 Å². The van der Waals surface area contributed by atoms with Gasteiger partial charge in [-0.2, -0.15) is 0 Å². The second-order valence-corrected chi connectivity index (χ2v) is 7.81. The van der Waals surface area contributed by atoms with Crippen LogP contribution in [0, 0.1) is 10.1 Å². The highest BCUT2D eigenvalue weighted by atomic mass is 35.5. The topological polar surface area (TPSA) is 108 Å². The fourth-order valence-corrected chi connectivity index (χ4v) is 3.93. The number of hydrogen-bond donors (Lipinski definition) is 1. The number of nitrogens with one attached hydrogen (secondary N) is 1. The second-order valence-electron chi connectivity index (χ2n) is 5.72. The molecule has 1 N–H and O–H groups in total. The molecule has 8 nitrogen and oxygen atoms in total. The molecule has 0 fully saturated rings. The van der Waals surface area contributed by atoms with Crippen LogP contribution in [0.25, 0.3) is 0 Å². The van der Waals surface area contributed by atoms with Crippen LogP contribution in [0.2, 0.25) is 5.02 Å². The van der Waals surface area contributed by atoms with E-state index >= 15 is 0 Å². The van der Waals surface area contributed by atoms with Crippen molar-refractivity contribution in [3.05, 3.63) is 81.9 Å². The normalized spacial score (nSPS) is 11.0. The van der Waals surface area contributed by atoms with Crippen LogP contribution in [-0.2, 0) is 10.0 Å². The highest BCUT2D eigenvalue weighted by molar-refractivity contribution is 7.92. The number of hydrogen-bond acceptors (Lipinski definition) is 6. The zero-order chi connectivity index (χ0) is 21.0. The Morgan fingerprint density at radius 1 is 0.966 bits per heavy atom. The quantitative estimate of drug-likeness (QED) is 0.420. The van der Waals surface area contributed by atoms with Gasteiger partial charge in [-0.1, -0.05) is 35.9 Å². The summed E-state index contributed by atoms with van der Waals surface area (Å²) in [6.45, 7) is 0. The lowest BCUT2D eigenvalue weighted by molar-refractivity contribution is -0.387. The molecular formula is C19H15ClN2O6S. The van der Waals surface area contributed by atoms with Crippen LogP contribution in [0.1, 0.15) is 0 Å². The Hall–Kier alpha value is -3.30. The van der Waals surface area contributed by atoms with E-state index in [1.807, 2.05) is 0 Å². The Morgan fingerprint density at radius 2 is 1.62 bits per heavy atom. The van der Waals surface area contributed by atoms with Gasteiger partial charge >= 0.3 is 0 Å². The Bertz CT molecular complexity index is 1170. The maximum Gasteiger partial charge on any atom is 0.289 e. The van der Waals surface area contributed by atoms with Crippen molar-refractivity contribution in [3.8, 4) is 17.2 Å². The van der Waals surface area contributed by atoms with E-state index in [0.29, 0.717) is 11.5 Å². The lowest BCUT2D eigenvalue weighted by Crippen LogP contribution is -2.15. The van der Waals surface area contributed by atoms with E-state index in [4.69, 9.17) is 21.1 Å². The minimum absolute atomic E-state index is 0.0153. The smallest absolute Gasteiger partial charge is 0.289 e. The molecular weight excluding hydrogens is 420 g/mol. The molecule has 3 rings (SSSR count). The van der Waals surface area contributed by atoms with E-state index in [9.17, 15) is 18.5 Å². The average Bonchev–Trinajstić information content (AvgIpc) is 2.70. The number of nitro groups is 1. The van der Waals surface area contributed by atoms with Gasteiger partial charge in [0.1, 0.15) is 0 Å². The molecule has 0 saturated heterocycles. The van der Waals surface area contributed by atoms with E-state index in [1.54, 1.807) is 24.3 Å². The lowest BCUT2D eigenvalue weighted by Gasteiger charge is -2.15. The van der Waals surface area contributed by atoms with E-state index in [-0.39, 0.29) is 16.5 Å². The minimum Gasteiger partial charge on any atom is -0.493 e. The molecule has 150 valence electrons. The zero-order valence-corrected chi connectivity index (χ0v) is 16.6. The molecule has 0 aliphatic rings. The van der Waals surface area contributed by atoms with Gasteiger partial charge in [0, 0.05) is 11.1 Å². The van der Waals surface area contributed by atoms with Crippen LogP contribution in [0.4, 0.5) is 11.4 Å². The maximum absolute atomic E-state index is 12.8. The first-order valence-electron chi connectivity index (χ1n) is 8.18. The van der Waals surface area contributed by atoms with Crippen LogP contribution < -0.4 is 14.2 Å². The number of halogens is 1. The number of benzene rings is 3. The number of nitro benzene ring substituents is 1. The number of para-hydroxylation sites is 3. The summed E-state index contributed by atoms with van der Waals surface area (Å²) in [5.41, 5.74) is -0.532. The molecule has 3 aromatic rings. The molecule has 3 aromatic carbocycles. The molecule has 0 radical (unpaired) electrons. The molecule has 10 heteroatoms. The largest absolute Gasteiger partial charge is 0.493 e. The first kappa shape index (κ1) is 20.4. The minimum atomic E-state index is -4.30. The van der Waals surface area contributed by atoms with Gasteiger partial charge in [-0.05, 0) is 36.4 Å². The highest BCUT2D eigenvalue weighted by Crippen LogP contribution is 2.37. The van der Waals surface area contributed by atoms with Gasteiger partial charge in [-0.25, -0.2) is 8.42 Å². The molecule has 0 spiro atoms. The van der Waals surface area contributed by atoms with Gasteiger partial charge in [0.15, 0.2) is 22.1 Å². The number of sulfonamides is 1. The molecule has 0 aliphatic carbocycles. The Morgan fingerprint density at radius 3 is 2.31 bits per heavy atom. The van der Waals surface area contributed by atoms with Crippen molar-refractivity contribution < 1.29 is 22.8 Å². The van der Waals surface area contributed by atoms with Crippen LogP contribution in [-0.4, -0.2) is 20.5 Å². The zero-order valence-electron chi connectivity index (χ0n) is 15.0. The fourth-order valence-electron chi connectivity index (χ4n) is 2.53. The number of ether oxygens (including phenoxy) is 2. The summed E-state index contributed by atoms with van der Waals surface area (Å²) in [7, 11) is -2.82. The summed E-state index contributed by atoms with van der Waals surface area (Å²) in [4.78, 5) is 9.96. The average molecular weight is 435 g/mol. The molecule has 0 bridgehead atoms. The lowest BCUT2D eigenvalue weighted by atomic mass is 10.3. The standard InChI is InChI=1S/C19H15ClN2O6S/c1-27-17-7-3-4-8-18(17)28-16-11-10-13(20)12-14(16)21-29(25,26)19-9-5-2-6-15(19)22(23)24/h2-12,21H,1H3. The van der Waals surface area contributed by atoms with E-state index in [2.05, 4.69) is 4.72 Å². The Kier molecular flexibility index (Phi) is 5.90. The monoisotopic (exact) mass is 434 g/mol. The highest BCUT2D eigenvalue weighted by Gasteiger charge is 2.26. The SMILES string of the molecule is COc1ccccc1Oc1ccc(Cl)cc1NS(=O)(=O)c1ccccc1[N+](=O)[O-]. The summed E-state index contributed by atoms with van der Waals surface area (Å²) in [5, 5.41) is 11.5. The van der Waals surface area contributed by atoms with Crippen molar-refractivity contribution in [2.45, 2.75) is 4.90 Å². The third-order valence-corrected chi connectivity index (χ3v) is 5.47. The number of rotatable bonds is 7. The van der Waals surface area contributed by atoms with Gasteiger partial charge < -0.3 is 9.47 Å². The summed E-state index contributed by atoms with van der Waals surface area (Å²) in [6, 6.07) is 16.2. The van der Waals surface area contributed by atoms with Crippen molar-refractivity contribution >= 4 is 33.0 Å². The first-order valence-corrected chi connectivity index (χ1v) is 10.0. The summed E-state index contributed by atoms with van der Waals surface area (Å²) in [6.07, 6.45) is 0. The number of methoxy groups -OCH3 is 1. The number of anilines is 1. The van der Waals surface area contributed by atoms with Crippen molar-refractivity contribution in [1.29, 1.82) is 0 Å². The predicted octanol–water partition coefficient (Wildman–Crippen LogP) is 4.85. The molecule has 0 unspecified atom stereocenters. The van der Waals surface area contributed by atoms with Crippen LogP contribution >= 0.6 is 11.6 Å². The maximum atomic E-state index is 12.8. The molecule has 0 atom stereocenters. The van der Waals surface area contributed by atoms with Gasteiger partial charge in [0.2, 0.25) is 0 Å². The van der Waals surface area contributed by atoms with Gasteiger partial charge in [-0.15, -0.1) is 0 Å². The predicted molar refractivity (Wildman–Crippen MR) is 108 cm³/mol. The van der Waals surface area contributed by atoms with E-state index in [0.717, 1.165) is 12.1 Å². The summed E-state index contributed by atoms with van der Waals surface area (Å²) >= 11 is 6.01. The Balaban J connectivity index is 2.02. The van der Waals surface area contributed by atoms with Crippen molar-refractivity contribution in [3.63, 3.8) is 0 Å². The third kappa shape index (κ3) is 4.58. The molecule has 0 saturated carbocycles. The first-order chi connectivity index (χ1) is 13.8. The van der Waals surface area contributed by atoms with Gasteiger partial charge in [-0.3, -0.25) is 14.8 Å². The number of nitrogens with zero attached hydrogens (tertiary/aromatic N) is 1. The summed E-state index contributed by atoms with van der Waals surface area (Å²) in [5.74, 6) is 0.930.